The predicted molar refractivity (Wildman–Crippen MR) is 84.0 cm³/mol. The van der Waals surface area contributed by atoms with Crippen molar-refractivity contribution >= 4 is 17.2 Å². The van der Waals surface area contributed by atoms with Crippen molar-refractivity contribution in [2.75, 3.05) is 5.32 Å². The van der Waals surface area contributed by atoms with Gasteiger partial charge in [-0.05, 0) is 36.8 Å². The Morgan fingerprint density at radius 1 is 1.32 bits per heavy atom. The molecule has 0 amide bonds. The fourth-order valence-corrected chi connectivity index (χ4v) is 2.15. The molecule has 0 fully saturated rings. The van der Waals surface area contributed by atoms with Crippen LogP contribution in [0.2, 0.25) is 0 Å². The lowest BCUT2D eigenvalue weighted by Gasteiger charge is -2.15. The maximum absolute atomic E-state index is 11.7. The summed E-state index contributed by atoms with van der Waals surface area (Å²) in [4.78, 5) is 26.4. The van der Waals surface area contributed by atoms with Gasteiger partial charge in [0.1, 0.15) is 5.69 Å². The van der Waals surface area contributed by atoms with Crippen LogP contribution in [0.15, 0.2) is 42.7 Å². The molecule has 0 saturated carbocycles. The Bertz CT molecular complexity index is 686. The minimum absolute atomic E-state index is 0.0970. The third-order valence-electron chi connectivity index (χ3n) is 3.42. The maximum atomic E-state index is 11.7. The molecule has 0 spiro atoms. The summed E-state index contributed by atoms with van der Waals surface area (Å²) in [6, 6.07) is 8.10. The monoisotopic (exact) mass is 299 g/mol. The molecule has 0 unspecified atom stereocenters. The molecule has 2 aromatic rings. The first-order chi connectivity index (χ1) is 10.5. The van der Waals surface area contributed by atoms with Gasteiger partial charge in [0.15, 0.2) is 5.78 Å². The highest BCUT2D eigenvalue weighted by atomic mass is 16.6. The number of hydrogen-bond donors (Lipinski definition) is 1. The molecule has 22 heavy (non-hydrogen) atoms. The van der Waals surface area contributed by atoms with E-state index in [0.717, 1.165) is 5.56 Å². The summed E-state index contributed by atoms with van der Waals surface area (Å²) >= 11 is 0. The molecule has 1 heterocycles. The number of aromatic nitrogens is 1. The minimum atomic E-state index is -0.478. The van der Waals surface area contributed by atoms with Crippen molar-refractivity contribution in [1.29, 1.82) is 0 Å². The van der Waals surface area contributed by atoms with Crippen LogP contribution in [0.4, 0.5) is 11.4 Å². The first-order valence-electron chi connectivity index (χ1n) is 7.01. The molecule has 1 aromatic heterocycles. The summed E-state index contributed by atoms with van der Waals surface area (Å²) in [5.74, 6) is -0.114. The van der Waals surface area contributed by atoms with Gasteiger partial charge in [-0.3, -0.25) is 19.9 Å². The summed E-state index contributed by atoms with van der Waals surface area (Å²) < 4.78 is 0. The third kappa shape index (κ3) is 3.46. The quantitative estimate of drug-likeness (QED) is 0.498. The minimum Gasteiger partial charge on any atom is -0.373 e. The average Bonchev–Trinajstić information content (AvgIpc) is 2.55. The fourth-order valence-electron chi connectivity index (χ4n) is 2.15. The van der Waals surface area contributed by atoms with Crippen LogP contribution in [0.5, 0.6) is 0 Å². The van der Waals surface area contributed by atoms with E-state index in [0.29, 0.717) is 17.7 Å². The van der Waals surface area contributed by atoms with Crippen LogP contribution in [0.25, 0.3) is 0 Å². The van der Waals surface area contributed by atoms with Crippen LogP contribution in [-0.2, 0) is 0 Å². The molecule has 0 aliphatic carbocycles. The lowest BCUT2D eigenvalue weighted by Crippen LogP contribution is -2.09. The molecule has 114 valence electrons. The Balaban J connectivity index is 2.31. The number of nitrogens with zero attached hydrogens (tertiary/aromatic N) is 2. The van der Waals surface area contributed by atoms with Crippen LogP contribution < -0.4 is 5.32 Å². The molecule has 0 saturated heterocycles. The zero-order valence-electron chi connectivity index (χ0n) is 12.4. The SMILES string of the molecule is CCC(=O)c1ccc(N[C@H](C)c2ccncc2)c([N+](=O)[O-])c1. The highest BCUT2D eigenvalue weighted by Gasteiger charge is 2.18. The number of carbonyl (C=O) groups is 1. The van der Waals surface area contributed by atoms with Crippen molar-refractivity contribution in [3.05, 3.63) is 64.0 Å². The van der Waals surface area contributed by atoms with Crippen LogP contribution in [0, 0.1) is 10.1 Å². The van der Waals surface area contributed by atoms with Gasteiger partial charge < -0.3 is 5.32 Å². The molecule has 0 radical (unpaired) electrons. The zero-order chi connectivity index (χ0) is 16.1. The topological polar surface area (TPSA) is 85.1 Å². The van der Waals surface area contributed by atoms with E-state index in [-0.39, 0.29) is 17.5 Å². The van der Waals surface area contributed by atoms with E-state index in [1.807, 2.05) is 19.1 Å². The smallest absolute Gasteiger partial charge is 0.293 e. The molecular weight excluding hydrogens is 282 g/mol. The first-order valence-corrected chi connectivity index (χ1v) is 7.01. The second-order valence-electron chi connectivity index (χ2n) is 4.91. The van der Waals surface area contributed by atoms with Gasteiger partial charge in [-0.2, -0.15) is 0 Å². The van der Waals surface area contributed by atoms with Gasteiger partial charge in [-0.25, -0.2) is 0 Å². The van der Waals surface area contributed by atoms with Crippen molar-refractivity contribution in [2.24, 2.45) is 0 Å². The van der Waals surface area contributed by atoms with Crippen LogP contribution >= 0.6 is 0 Å². The third-order valence-corrected chi connectivity index (χ3v) is 3.42. The lowest BCUT2D eigenvalue weighted by molar-refractivity contribution is -0.384. The summed E-state index contributed by atoms with van der Waals surface area (Å²) in [5, 5.41) is 14.4. The number of nitro groups is 1. The molecule has 6 heteroatoms. The standard InChI is InChI=1S/C16H17N3O3/c1-3-16(20)13-4-5-14(15(10-13)19(21)22)18-11(2)12-6-8-17-9-7-12/h4-11,18H,3H2,1-2H3/t11-/m1/s1. The normalized spacial score (nSPS) is 11.7. The number of nitro benzene ring substituents is 1. The number of hydrogen-bond acceptors (Lipinski definition) is 5. The van der Waals surface area contributed by atoms with E-state index in [9.17, 15) is 14.9 Å². The Morgan fingerprint density at radius 2 is 2.00 bits per heavy atom. The van der Waals surface area contributed by atoms with Crippen molar-refractivity contribution in [2.45, 2.75) is 26.3 Å². The van der Waals surface area contributed by atoms with E-state index in [1.165, 1.54) is 6.07 Å². The molecule has 1 N–H and O–H groups in total. The Kier molecular flexibility index (Phi) is 4.83. The highest BCUT2D eigenvalue weighted by molar-refractivity contribution is 5.97. The number of rotatable bonds is 6. The molecule has 1 aromatic carbocycles. The number of benzene rings is 1. The van der Waals surface area contributed by atoms with Crippen molar-refractivity contribution in [1.82, 2.24) is 4.98 Å². The molecule has 2 rings (SSSR count). The van der Waals surface area contributed by atoms with Gasteiger partial charge >= 0.3 is 0 Å². The first kappa shape index (κ1) is 15.6. The number of Topliss-reactive ketones (excluding diaryl/α,β-unsaturated/α-hetero) is 1. The number of pyridine rings is 1. The van der Waals surface area contributed by atoms with Crippen LogP contribution in [0.3, 0.4) is 0 Å². The number of anilines is 1. The van der Waals surface area contributed by atoms with Gasteiger partial charge in [-0.15, -0.1) is 0 Å². The predicted octanol–water partition coefficient (Wildman–Crippen LogP) is 3.76. The van der Waals surface area contributed by atoms with Gasteiger partial charge in [0.25, 0.3) is 5.69 Å². The number of ketones is 1. The van der Waals surface area contributed by atoms with E-state index in [1.54, 1.807) is 31.5 Å². The summed E-state index contributed by atoms with van der Waals surface area (Å²) in [6.07, 6.45) is 3.66. The summed E-state index contributed by atoms with van der Waals surface area (Å²) in [6.45, 7) is 3.63. The average molecular weight is 299 g/mol. The largest absolute Gasteiger partial charge is 0.373 e. The molecule has 6 nitrogen and oxygen atoms in total. The van der Waals surface area contributed by atoms with E-state index in [4.69, 9.17) is 0 Å². The summed E-state index contributed by atoms with van der Waals surface area (Å²) in [7, 11) is 0. The molecule has 0 aliphatic rings. The maximum Gasteiger partial charge on any atom is 0.293 e. The lowest BCUT2D eigenvalue weighted by atomic mass is 10.1. The Hall–Kier alpha value is -2.76. The van der Waals surface area contributed by atoms with Gasteiger partial charge in [0, 0.05) is 36.5 Å². The molecule has 1 atom stereocenters. The number of carbonyl (C=O) groups excluding carboxylic acids is 1. The van der Waals surface area contributed by atoms with Crippen molar-refractivity contribution in [3.63, 3.8) is 0 Å². The van der Waals surface area contributed by atoms with Crippen LogP contribution in [0.1, 0.15) is 42.2 Å². The van der Waals surface area contributed by atoms with E-state index < -0.39 is 4.92 Å². The van der Waals surface area contributed by atoms with Crippen molar-refractivity contribution < 1.29 is 9.72 Å². The highest BCUT2D eigenvalue weighted by Crippen LogP contribution is 2.29. The fraction of sp³-hybridized carbons (Fsp3) is 0.250. The second kappa shape index (κ2) is 6.80. The van der Waals surface area contributed by atoms with Crippen LogP contribution in [-0.4, -0.2) is 15.7 Å². The Morgan fingerprint density at radius 3 is 2.59 bits per heavy atom. The summed E-state index contributed by atoms with van der Waals surface area (Å²) in [5.41, 5.74) is 1.62. The van der Waals surface area contributed by atoms with E-state index >= 15 is 0 Å². The zero-order valence-corrected chi connectivity index (χ0v) is 12.4. The molecular formula is C16H17N3O3. The number of nitrogens with one attached hydrogen (secondary N) is 1. The van der Waals surface area contributed by atoms with Gasteiger partial charge in [-0.1, -0.05) is 6.92 Å². The van der Waals surface area contributed by atoms with Gasteiger partial charge in [0.05, 0.1) is 4.92 Å². The van der Waals surface area contributed by atoms with Gasteiger partial charge in [0.2, 0.25) is 0 Å². The molecule has 0 bridgehead atoms. The molecule has 0 aliphatic heterocycles. The second-order valence-corrected chi connectivity index (χ2v) is 4.91. The van der Waals surface area contributed by atoms with E-state index in [2.05, 4.69) is 10.3 Å². The van der Waals surface area contributed by atoms with Crippen molar-refractivity contribution in [3.8, 4) is 0 Å². The Labute approximate surface area is 128 Å².